The molecule has 1 aliphatic carbocycles. The molecule has 0 spiro atoms. The van der Waals surface area contributed by atoms with Crippen LogP contribution in [0.25, 0.3) is 0 Å². The van der Waals surface area contributed by atoms with Crippen molar-refractivity contribution in [2.24, 2.45) is 0 Å². The fourth-order valence-electron chi connectivity index (χ4n) is 3.81. The number of aryl methyl sites for hydroxylation is 1. The van der Waals surface area contributed by atoms with Gasteiger partial charge < -0.3 is 15.1 Å². The van der Waals surface area contributed by atoms with Crippen molar-refractivity contribution in [3.05, 3.63) is 35.2 Å². The van der Waals surface area contributed by atoms with Crippen LogP contribution >= 0.6 is 0 Å². The highest BCUT2D eigenvalue weighted by atomic mass is 16.2. The summed E-state index contributed by atoms with van der Waals surface area (Å²) in [5.74, 6) is 3.32. The van der Waals surface area contributed by atoms with E-state index in [1.54, 1.807) is 14.1 Å². The second kappa shape index (κ2) is 7.93. The van der Waals surface area contributed by atoms with Gasteiger partial charge in [0.05, 0.1) is 0 Å². The van der Waals surface area contributed by atoms with Gasteiger partial charge in [-0.25, -0.2) is 19.9 Å². The van der Waals surface area contributed by atoms with Gasteiger partial charge in [0.2, 0.25) is 5.82 Å². The average molecular weight is 396 g/mol. The van der Waals surface area contributed by atoms with Gasteiger partial charge in [0, 0.05) is 56.6 Å². The van der Waals surface area contributed by atoms with Crippen molar-refractivity contribution < 1.29 is 4.79 Å². The van der Waals surface area contributed by atoms with E-state index in [-0.39, 0.29) is 17.8 Å². The van der Waals surface area contributed by atoms with Crippen molar-refractivity contribution in [1.29, 1.82) is 0 Å². The summed E-state index contributed by atoms with van der Waals surface area (Å²) in [6, 6.07) is 2.22. The Labute approximate surface area is 171 Å². The fraction of sp³-hybridized carbons (Fsp3) is 0.571. The lowest BCUT2D eigenvalue weighted by molar-refractivity contribution is 0.0815. The Morgan fingerprint density at radius 2 is 1.97 bits per heavy atom. The van der Waals surface area contributed by atoms with Crippen molar-refractivity contribution in [2.45, 2.75) is 51.5 Å². The summed E-state index contributed by atoms with van der Waals surface area (Å²) in [6.45, 7) is 5.65. The number of hydrogen-bond acceptors (Lipinski definition) is 7. The third-order valence-corrected chi connectivity index (χ3v) is 5.95. The molecule has 1 amide bonds. The number of nitrogens with zero attached hydrogens (tertiary/aromatic N) is 6. The first-order chi connectivity index (χ1) is 13.9. The quantitative estimate of drug-likeness (QED) is 0.832. The monoisotopic (exact) mass is 395 g/mol. The van der Waals surface area contributed by atoms with Gasteiger partial charge in [0.1, 0.15) is 17.5 Å². The number of aromatic nitrogens is 4. The summed E-state index contributed by atoms with van der Waals surface area (Å²) in [6.07, 6.45) is 6.51. The predicted molar refractivity (Wildman–Crippen MR) is 112 cm³/mol. The highest BCUT2D eigenvalue weighted by Gasteiger charge is 2.28. The first-order valence-electron chi connectivity index (χ1n) is 10.3. The minimum absolute atomic E-state index is 0.173. The molecule has 1 N–H and O–H groups in total. The molecule has 0 radical (unpaired) electrons. The third kappa shape index (κ3) is 4.02. The number of carbonyl (C=O) groups is 1. The van der Waals surface area contributed by atoms with Gasteiger partial charge in [-0.15, -0.1) is 0 Å². The SMILES string of the molecule is Cc1nc(C(=O)N(C)C)nc(N2CC[C@@H](Nc3ccnc(C4CCC4)n3)C2)c1C. The van der Waals surface area contributed by atoms with Crippen LogP contribution in [0.15, 0.2) is 12.3 Å². The van der Waals surface area contributed by atoms with Crippen molar-refractivity contribution in [1.82, 2.24) is 24.8 Å². The van der Waals surface area contributed by atoms with Crippen LogP contribution in [0.2, 0.25) is 0 Å². The van der Waals surface area contributed by atoms with E-state index >= 15 is 0 Å². The summed E-state index contributed by atoms with van der Waals surface area (Å²) in [5, 5.41) is 3.56. The van der Waals surface area contributed by atoms with Gasteiger partial charge in [-0.05, 0) is 39.2 Å². The number of anilines is 2. The zero-order chi connectivity index (χ0) is 20.5. The van der Waals surface area contributed by atoms with Crippen molar-refractivity contribution in [2.75, 3.05) is 37.4 Å². The summed E-state index contributed by atoms with van der Waals surface area (Å²) in [5.41, 5.74) is 1.87. The lowest BCUT2D eigenvalue weighted by Crippen LogP contribution is -2.30. The van der Waals surface area contributed by atoms with Crippen molar-refractivity contribution in [3.8, 4) is 0 Å². The van der Waals surface area contributed by atoms with Gasteiger partial charge in [-0.1, -0.05) is 6.42 Å². The van der Waals surface area contributed by atoms with Crippen molar-refractivity contribution in [3.63, 3.8) is 0 Å². The lowest BCUT2D eigenvalue weighted by Gasteiger charge is -2.24. The zero-order valence-corrected chi connectivity index (χ0v) is 17.6. The maximum absolute atomic E-state index is 12.4. The second-order valence-corrected chi connectivity index (χ2v) is 8.28. The molecule has 29 heavy (non-hydrogen) atoms. The lowest BCUT2D eigenvalue weighted by atomic mass is 9.85. The Bertz CT molecular complexity index is 910. The van der Waals surface area contributed by atoms with Crippen LogP contribution in [-0.2, 0) is 0 Å². The van der Waals surface area contributed by atoms with Crippen LogP contribution in [0.4, 0.5) is 11.6 Å². The van der Waals surface area contributed by atoms with E-state index in [2.05, 4.69) is 25.2 Å². The summed E-state index contributed by atoms with van der Waals surface area (Å²) in [4.78, 5) is 34.3. The normalized spacial score (nSPS) is 19.2. The molecule has 3 heterocycles. The highest BCUT2D eigenvalue weighted by Crippen LogP contribution is 2.34. The van der Waals surface area contributed by atoms with E-state index in [9.17, 15) is 4.79 Å². The Hall–Kier alpha value is -2.77. The average Bonchev–Trinajstić information content (AvgIpc) is 3.10. The minimum atomic E-state index is -0.173. The van der Waals surface area contributed by atoms with Crippen LogP contribution in [0.3, 0.4) is 0 Å². The smallest absolute Gasteiger partial charge is 0.291 e. The first-order valence-corrected chi connectivity index (χ1v) is 10.3. The number of hydrogen-bond donors (Lipinski definition) is 1. The first kappa shape index (κ1) is 19.5. The molecule has 2 fully saturated rings. The Morgan fingerprint density at radius 3 is 2.66 bits per heavy atom. The molecular weight excluding hydrogens is 366 g/mol. The molecule has 2 aliphatic rings. The molecule has 1 saturated carbocycles. The number of rotatable bonds is 5. The van der Waals surface area contributed by atoms with Gasteiger partial charge in [-0.2, -0.15) is 0 Å². The molecule has 2 aromatic rings. The second-order valence-electron chi connectivity index (χ2n) is 8.28. The third-order valence-electron chi connectivity index (χ3n) is 5.95. The zero-order valence-electron chi connectivity index (χ0n) is 17.6. The van der Waals surface area contributed by atoms with Gasteiger partial charge in [-0.3, -0.25) is 4.79 Å². The molecule has 8 nitrogen and oxygen atoms in total. The molecule has 0 bridgehead atoms. The van der Waals surface area contributed by atoms with E-state index in [0.29, 0.717) is 5.92 Å². The van der Waals surface area contributed by atoms with Gasteiger partial charge in [0.25, 0.3) is 5.91 Å². The number of amides is 1. The summed E-state index contributed by atoms with van der Waals surface area (Å²) < 4.78 is 0. The van der Waals surface area contributed by atoms with E-state index < -0.39 is 0 Å². The summed E-state index contributed by atoms with van der Waals surface area (Å²) in [7, 11) is 3.44. The van der Waals surface area contributed by atoms with Crippen LogP contribution in [-0.4, -0.2) is 64.0 Å². The highest BCUT2D eigenvalue weighted by molar-refractivity contribution is 5.90. The molecule has 1 saturated heterocycles. The van der Waals surface area contributed by atoms with Crippen LogP contribution in [0.5, 0.6) is 0 Å². The fourth-order valence-corrected chi connectivity index (χ4v) is 3.81. The molecule has 0 unspecified atom stereocenters. The molecule has 2 aromatic heterocycles. The Kier molecular flexibility index (Phi) is 5.34. The molecule has 1 atom stereocenters. The standard InChI is InChI=1S/C21H29N7O/c1-13-14(2)23-19(21(29)27(3)4)26-20(13)28-11-9-16(12-28)24-17-8-10-22-18(25-17)15-6-5-7-15/h8,10,15-16H,5-7,9,11-12H2,1-4H3,(H,22,24,25)/t16-/m1/s1. The molecular formula is C21H29N7O. The summed E-state index contributed by atoms with van der Waals surface area (Å²) >= 11 is 0. The van der Waals surface area contributed by atoms with E-state index in [0.717, 1.165) is 48.2 Å². The molecule has 1 aliphatic heterocycles. The minimum Gasteiger partial charge on any atom is -0.365 e. The number of carbonyl (C=O) groups excluding carboxylic acids is 1. The van der Waals surface area contributed by atoms with E-state index in [1.165, 1.54) is 24.2 Å². The van der Waals surface area contributed by atoms with Crippen LogP contribution in [0.1, 0.15) is 59.3 Å². The predicted octanol–water partition coefficient (Wildman–Crippen LogP) is 2.54. The number of nitrogens with one attached hydrogen (secondary N) is 1. The van der Waals surface area contributed by atoms with Crippen LogP contribution in [0, 0.1) is 13.8 Å². The Balaban J connectivity index is 1.48. The molecule has 154 valence electrons. The van der Waals surface area contributed by atoms with Gasteiger partial charge >= 0.3 is 0 Å². The molecule has 4 rings (SSSR count). The maximum Gasteiger partial charge on any atom is 0.291 e. The van der Waals surface area contributed by atoms with E-state index in [1.807, 2.05) is 26.1 Å². The maximum atomic E-state index is 12.4. The largest absolute Gasteiger partial charge is 0.365 e. The topological polar surface area (TPSA) is 87.1 Å². The Morgan fingerprint density at radius 1 is 1.17 bits per heavy atom. The van der Waals surface area contributed by atoms with Gasteiger partial charge in [0.15, 0.2) is 0 Å². The van der Waals surface area contributed by atoms with Crippen molar-refractivity contribution >= 4 is 17.5 Å². The van der Waals surface area contributed by atoms with Crippen LogP contribution < -0.4 is 10.2 Å². The van der Waals surface area contributed by atoms with E-state index in [4.69, 9.17) is 4.98 Å². The molecule has 8 heteroatoms. The molecule has 0 aromatic carbocycles.